The summed E-state index contributed by atoms with van der Waals surface area (Å²) >= 11 is 0. The Morgan fingerprint density at radius 1 is 1.46 bits per heavy atom. The minimum atomic E-state index is -0.845. The molecule has 1 saturated heterocycles. The molecular formula is C17H23FN2O4. The third-order valence-electron chi connectivity index (χ3n) is 3.88. The van der Waals surface area contributed by atoms with Crippen molar-refractivity contribution in [3.63, 3.8) is 0 Å². The lowest BCUT2D eigenvalue weighted by molar-refractivity contribution is -0.120. The number of nitrogens with one attached hydrogen (secondary N) is 1. The van der Waals surface area contributed by atoms with Crippen LogP contribution in [0.1, 0.15) is 25.8 Å². The number of nitrogens with zero attached hydrogens (tertiary/aromatic N) is 1. The fourth-order valence-corrected chi connectivity index (χ4v) is 2.54. The summed E-state index contributed by atoms with van der Waals surface area (Å²) in [6.45, 7) is 5.65. The number of halogens is 1. The van der Waals surface area contributed by atoms with Crippen LogP contribution in [0.25, 0.3) is 0 Å². The van der Waals surface area contributed by atoms with Crippen molar-refractivity contribution in [2.24, 2.45) is 5.92 Å². The standard InChI is InChI=1S/C17H23FN2O4/c1-10(2)9-24-17(23)20-8-12(21)7-15(20)16(22)19-14-6-4-5-13(18)11(14)3/h4-6,10,12,15,21H,7-9H2,1-3H3,(H,19,22)/t12-,15+/m1/s1. The number of β-amino-alcohol motifs (C(OH)–C–C–N with tert-alkyl or cyclic N) is 1. The van der Waals surface area contributed by atoms with Gasteiger partial charge in [-0.25, -0.2) is 9.18 Å². The fourth-order valence-electron chi connectivity index (χ4n) is 2.54. The van der Waals surface area contributed by atoms with Gasteiger partial charge in [0, 0.05) is 17.7 Å². The third-order valence-corrected chi connectivity index (χ3v) is 3.88. The first-order valence-electron chi connectivity index (χ1n) is 7.97. The van der Waals surface area contributed by atoms with Crippen molar-refractivity contribution in [3.05, 3.63) is 29.6 Å². The van der Waals surface area contributed by atoms with Crippen LogP contribution in [0, 0.1) is 18.7 Å². The van der Waals surface area contributed by atoms with Crippen molar-refractivity contribution >= 4 is 17.7 Å². The maximum atomic E-state index is 13.6. The zero-order valence-corrected chi connectivity index (χ0v) is 14.1. The van der Waals surface area contributed by atoms with Crippen LogP contribution in [-0.2, 0) is 9.53 Å². The van der Waals surface area contributed by atoms with Gasteiger partial charge in [-0.05, 0) is 25.0 Å². The summed E-state index contributed by atoms with van der Waals surface area (Å²) in [4.78, 5) is 25.8. The Kier molecular flexibility index (Phi) is 5.77. The monoisotopic (exact) mass is 338 g/mol. The van der Waals surface area contributed by atoms with E-state index < -0.39 is 30.0 Å². The number of aliphatic hydroxyl groups is 1. The first-order chi connectivity index (χ1) is 11.3. The van der Waals surface area contributed by atoms with Crippen molar-refractivity contribution in [1.29, 1.82) is 0 Å². The predicted octanol–water partition coefficient (Wildman–Crippen LogP) is 2.30. The fraction of sp³-hybridized carbons (Fsp3) is 0.529. The minimum absolute atomic E-state index is 0.0388. The Hall–Kier alpha value is -2.15. The summed E-state index contributed by atoms with van der Waals surface area (Å²) in [6, 6.07) is 3.54. The molecule has 2 rings (SSSR count). The van der Waals surface area contributed by atoms with Gasteiger partial charge in [-0.15, -0.1) is 0 Å². The number of carbonyl (C=O) groups is 2. The summed E-state index contributed by atoms with van der Waals surface area (Å²) in [5.41, 5.74) is 0.662. The number of amides is 2. The van der Waals surface area contributed by atoms with Crippen molar-refractivity contribution in [1.82, 2.24) is 4.90 Å². The number of hydrogen-bond donors (Lipinski definition) is 2. The van der Waals surface area contributed by atoms with E-state index in [0.29, 0.717) is 11.3 Å². The van der Waals surface area contributed by atoms with Crippen molar-refractivity contribution in [3.8, 4) is 0 Å². The van der Waals surface area contributed by atoms with Crippen molar-refractivity contribution in [2.75, 3.05) is 18.5 Å². The van der Waals surface area contributed by atoms with Gasteiger partial charge in [0.15, 0.2) is 0 Å². The van der Waals surface area contributed by atoms with Gasteiger partial charge in [0.1, 0.15) is 11.9 Å². The highest BCUT2D eigenvalue weighted by Gasteiger charge is 2.40. The maximum absolute atomic E-state index is 13.6. The number of likely N-dealkylation sites (tertiary alicyclic amines) is 1. The molecule has 7 heteroatoms. The number of ether oxygens (including phenoxy) is 1. The van der Waals surface area contributed by atoms with E-state index in [4.69, 9.17) is 4.74 Å². The second-order valence-electron chi connectivity index (χ2n) is 6.43. The average molecular weight is 338 g/mol. The molecule has 24 heavy (non-hydrogen) atoms. The molecule has 1 heterocycles. The molecule has 2 N–H and O–H groups in total. The lowest BCUT2D eigenvalue weighted by Crippen LogP contribution is -2.43. The Balaban J connectivity index is 2.08. The minimum Gasteiger partial charge on any atom is -0.449 e. The topological polar surface area (TPSA) is 78.9 Å². The molecule has 1 aromatic rings. The Morgan fingerprint density at radius 2 is 2.17 bits per heavy atom. The number of rotatable bonds is 4. The maximum Gasteiger partial charge on any atom is 0.410 e. The van der Waals surface area contributed by atoms with E-state index in [1.54, 1.807) is 13.0 Å². The van der Waals surface area contributed by atoms with E-state index in [1.807, 2.05) is 13.8 Å². The molecule has 1 aliphatic rings. The first-order valence-corrected chi connectivity index (χ1v) is 7.97. The normalized spacial score (nSPS) is 20.3. The van der Waals surface area contributed by atoms with E-state index in [-0.39, 0.29) is 25.5 Å². The lowest BCUT2D eigenvalue weighted by atomic mass is 10.1. The van der Waals surface area contributed by atoms with Gasteiger partial charge < -0.3 is 15.2 Å². The van der Waals surface area contributed by atoms with Crippen LogP contribution in [0.4, 0.5) is 14.9 Å². The van der Waals surface area contributed by atoms with E-state index in [2.05, 4.69) is 5.32 Å². The van der Waals surface area contributed by atoms with Crippen LogP contribution >= 0.6 is 0 Å². The molecule has 0 aliphatic carbocycles. The van der Waals surface area contributed by atoms with E-state index >= 15 is 0 Å². The first kappa shape index (κ1) is 18.2. The molecule has 0 radical (unpaired) electrons. The highest BCUT2D eigenvalue weighted by molar-refractivity contribution is 5.97. The Labute approximate surface area is 140 Å². The SMILES string of the molecule is Cc1c(F)cccc1NC(=O)[C@@H]1C[C@@H](O)CN1C(=O)OCC(C)C. The van der Waals surface area contributed by atoms with Crippen molar-refractivity contribution < 1.29 is 23.8 Å². The molecule has 1 aliphatic heterocycles. The smallest absolute Gasteiger partial charge is 0.410 e. The molecule has 2 amide bonds. The van der Waals surface area contributed by atoms with Gasteiger partial charge in [-0.1, -0.05) is 19.9 Å². The van der Waals surface area contributed by atoms with Gasteiger partial charge in [0.2, 0.25) is 5.91 Å². The Morgan fingerprint density at radius 3 is 2.83 bits per heavy atom. The average Bonchev–Trinajstić information content (AvgIpc) is 2.91. The van der Waals surface area contributed by atoms with Crippen LogP contribution in [0.2, 0.25) is 0 Å². The van der Waals surface area contributed by atoms with E-state index in [1.165, 1.54) is 17.0 Å². The molecule has 0 spiro atoms. The predicted molar refractivity (Wildman–Crippen MR) is 87.1 cm³/mol. The summed E-state index contributed by atoms with van der Waals surface area (Å²) < 4.78 is 18.7. The molecular weight excluding hydrogens is 315 g/mol. The number of aliphatic hydroxyl groups excluding tert-OH is 1. The van der Waals surface area contributed by atoms with Crippen LogP contribution in [-0.4, -0.2) is 47.3 Å². The zero-order chi connectivity index (χ0) is 17.9. The highest BCUT2D eigenvalue weighted by atomic mass is 19.1. The summed E-state index contributed by atoms with van der Waals surface area (Å²) in [5, 5.41) is 12.4. The van der Waals surface area contributed by atoms with Gasteiger partial charge in [-0.3, -0.25) is 9.69 Å². The molecule has 0 bridgehead atoms. The second kappa shape index (κ2) is 7.61. The number of hydrogen-bond acceptors (Lipinski definition) is 4. The third kappa shape index (κ3) is 4.23. The lowest BCUT2D eigenvalue weighted by Gasteiger charge is -2.23. The molecule has 0 unspecified atom stereocenters. The largest absolute Gasteiger partial charge is 0.449 e. The number of benzene rings is 1. The molecule has 6 nitrogen and oxygen atoms in total. The Bertz CT molecular complexity index is 621. The van der Waals surface area contributed by atoms with Crippen LogP contribution in [0.3, 0.4) is 0 Å². The van der Waals surface area contributed by atoms with Crippen molar-refractivity contribution in [2.45, 2.75) is 39.3 Å². The quantitative estimate of drug-likeness (QED) is 0.883. The van der Waals surface area contributed by atoms with Gasteiger partial charge >= 0.3 is 6.09 Å². The molecule has 2 atom stereocenters. The molecule has 1 aromatic carbocycles. The summed E-state index contributed by atoms with van der Waals surface area (Å²) in [6.07, 6.45) is -1.30. The van der Waals surface area contributed by atoms with Gasteiger partial charge in [0.25, 0.3) is 0 Å². The van der Waals surface area contributed by atoms with Crippen LogP contribution in [0.5, 0.6) is 0 Å². The highest BCUT2D eigenvalue weighted by Crippen LogP contribution is 2.23. The second-order valence-corrected chi connectivity index (χ2v) is 6.43. The number of carbonyl (C=O) groups excluding carboxylic acids is 2. The van der Waals surface area contributed by atoms with Gasteiger partial charge in [0.05, 0.1) is 19.3 Å². The van der Waals surface area contributed by atoms with E-state index in [9.17, 15) is 19.1 Å². The molecule has 1 fully saturated rings. The number of anilines is 1. The molecule has 132 valence electrons. The van der Waals surface area contributed by atoms with Crippen LogP contribution < -0.4 is 5.32 Å². The summed E-state index contributed by atoms with van der Waals surface area (Å²) in [5.74, 6) is -0.724. The molecule has 0 aromatic heterocycles. The zero-order valence-electron chi connectivity index (χ0n) is 14.1. The van der Waals surface area contributed by atoms with Gasteiger partial charge in [-0.2, -0.15) is 0 Å². The van der Waals surface area contributed by atoms with E-state index in [0.717, 1.165) is 0 Å². The van der Waals surface area contributed by atoms with Crippen LogP contribution in [0.15, 0.2) is 18.2 Å². The summed E-state index contributed by atoms with van der Waals surface area (Å²) in [7, 11) is 0. The molecule has 0 saturated carbocycles.